The molecular weight excluding hydrogens is 444 g/mol. The third kappa shape index (κ3) is 5.74. The van der Waals surface area contributed by atoms with E-state index in [4.69, 9.17) is 4.74 Å². The number of hydrogen-bond acceptors (Lipinski definition) is 7. The van der Waals surface area contributed by atoms with Crippen LogP contribution in [0.1, 0.15) is 19.0 Å². The Morgan fingerprint density at radius 2 is 1.69 bits per heavy atom. The van der Waals surface area contributed by atoms with E-state index in [1.165, 1.54) is 38.3 Å². The molecule has 0 atom stereocenters. The average Bonchev–Trinajstić information content (AvgIpc) is 2.77. The first-order chi connectivity index (χ1) is 15.2. The molecule has 0 unspecified atom stereocenters. The summed E-state index contributed by atoms with van der Waals surface area (Å²) in [7, 11) is -2.59. The number of hydrazine groups is 1. The fourth-order valence-electron chi connectivity index (χ4n) is 2.64. The number of carbonyl (C=O) groups excluding carboxylic acids is 1. The normalized spacial score (nSPS) is 11.3. The van der Waals surface area contributed by atoms with Crippen molar-refractivity contribution in [3.8, 4) is 17.0 Å². The number of aromatic nitrogens is 2. The second kappa shape index (κ2) is 9.66. The van der Waals surface area contributed by atoms with Crippen LogP contribution in [0.2, 0.25) is 0 Å². The lowest BCUT2D eigenvalue weighted by atomic mass is 10.1. The number of hydrogen-bond donors (Lipinski definition) is 3. The van der Waals surface area contributed by atoms with Crippen molar-refractivity contribution in [1.82, 2.24) is 14.8 Å². The van der Waals surface area contributed by atoms with Crippen LogP contribution in [0, 0.1) is 0 Å². The smallest absolute Gasteiger partial charge is 0.280 e. The maximum Gasteiger partial charge on any atom is 0.280 e. The topological polar surface area (TPSA) is 122 Å². The number of nitrogens with one attached hydrogen (secondary N) is 3. The molecule has 0 aliphatic carbocycles. The summed E-state index contributed by atoms with van der Waals surface area (Å²) in [5, 5.41) is 2.52. The van der Waals surface area contributed by atoms with Gasteiger partial charge in [-0.25, -0.2) is 27.2 Å². The Morgan fingerprint density at radius 1 is 1.03 bits per heavy atom. The lowest BCUT2D eigenvalue weighted by Gasteiger charge is -2.12. The minimum absolute atomic E-state index is 0.125. The van der Waals surface area contributed by atoms with Crippen molar-refractivity contribution >= 4 is 27.6 Å². The minimum atomic E-state index is -4.08. The Morgan fingerprint density at radius 3 is 2.25 bits per heavy atom. The maximum absolute atomic E-state index is 13.3. The van der Waals surface area contributed by atoms with Crippen LogP contribution in [0.4, 0.5) is 20.4 Å². The van der Waals surface area contributed by atoms with Crippen LogP contribution in [-0.4, -0.2) is 31.4 Å². The van der Waals surface area contributed by atoms with Gasteiger partial charge in [-0.05, 0) is 54.6 Å². The zero-order valence-corrected chi connectivity index (χ0v) is 17.8. The highest BCUT2D eigenvalue weighted by Gasteiger charge is 2.17. The van der Waals surface area contributed by atoms with Crippen LogP contribution in [0.25, 0.3) is 11.3 Å². The third-order valence-corrected chi connectivity index (χ3v) is 5.40. The lowest BCUT2D eigenvalue weighted by molar-refractivity contribution is -0.114. The summed E-state index contributed by atoms with van der Waals surface area (Å²) >= 11 is 0. The van der Waals surface area contributed by atoms with Gasteiger partial charge in [0.05, 0.1) is 17.7 Å². The first kappa shape index (κ1) is 23.0. The van der Waals surface area contributed by atoms with Gasteiger partial charge in [0, 0.05) is 18.2 Å². The summed E-state index contributed by atoms with van der Waals surface area (Å²) in [5.41, 5.74) is 2.79. The van der Waals surface area contributed by atoms with Crippen LogP contribution in [0.15, 0.2) is 59.5 Å². The number of halogens is 2. The average molecular weight is 463 g/mol. The Labute approximate surface area is 182 Å². The fourth-order valence-corrected chi connectivity index (χ4v) is 3.47. The van der Waals surface area contributed by atoms with E-state index in [1.54, 1.807) is 24.3 Å². The minimum Gasteiger partial charge on any atom is -0.497 e. The first-order valence-corrected chi connectivity index (χ1v) is 10.6. The van der Waals surface area contributed by atoms with Crippen LogP contribution in [0.3, 0.4) is 0 Å². The van der Waals surface area contributed by atoms with E-state index >= 15 is 0 Å². The number of ether oxygens (including phenoxy) is 1. The van der Waals surface area contributed by atoms with Gasteiger partial charge in [0.25, 0.3) is 16.4 Å². The molecule has 0 radical (unpaired) electrons. The number of nitrogens with zero attached hydrogens (tertiary/aromatic N) is 2. The molecule has 0 aliphatic heterocycles. The molecule has 3 rings (SSSR count). The van der Waals surface area contributed by atoms with Gasteiger partial charge < -0.3 is 10.1 Å². The molecule has 3 aromatic rings. The van der Waals surface area contributed by atoms with E-state index in [2.05, 4.69) is 25.5 Å². The summed E-state index contributed by atoms with van der Waals surface area (Å²) in [6.45, 7) is 1.32. The van der Waals surface area contributed by atoms with E-state index in [-0.39, 0.29) is 22.4 Å². The SMILES string of the molecule is COc1ccc(-c2cc(C(F)F)nc(NNS(=O)(=O)c3ccc(NC(C)=O)cc3)n2)cc1. The number of amides is 1. The third-order valence-electron chi connectivity index (χ3n) is 4.14. The molecule has 32 heavy (non-hydrogen) atoms. The molecular formula is C20H19F2N5O4S. The van der Waals surface area contributed by atoms with Gasteiger partial charge >= 0.3 is 0 Å². The Kier molecular flexibility index (Phi) is 6.95. The molecule has 0 fully saturated rings. The molecule has 0 saturated carbocycles. The Balaban J connectivity index is 1.82. The summed E-state index contributed by atoms with van der Waals surface area (Å²) < 4.78 is 56.7. The predicted molar refractivity (Wildman–Crippen MR) is 114 cm³/mol. The predicted octanol–water partition coefficient (Wildman–Crippen LogP) is 3.35. The number of carbonyl (C=O) groups is 1. The second-order valence-corrected chi connectivity index (χ2v) is 8.15. The summed E-state index contributed by atoms with van der Waals surface area (Å²) in [5.74, 6) is -0.0799. The highest BCUT2D eigenvalue weighted by molar-refractivity contribution is 7.89. The van der Waals surface area contributed by atoms with E-state index in [0.717, 1.165) is 6.07 Å². The molecule has 0 aliphatic rings. The number of methoxy groups -OCH3 is 1. The van der Waals surface area contributed by atoms with E-state index < -0.39 is 22.1 Å². The molecule has 1 heterocycles. The van der Waals surface area contributed by atoms with Crippen molar-refractivity contribution in [2.24, 2.45) is 0 Å². The van der Waals surface area contributed by atoms with E-state index in [9.17, 15) is 22.0 Å². The molecule has 9 nitrogen and oxygen atoms in total. The van der Waals surface area contributed by atoms with Gasteiger partial charge in [0.1, 0.15) is 11.4 Å². The molecule has 12 heteroatoms. The van der Waals surface area contributed by atoms with Gasteiger partial charge in [0.15, 0.2) is 0 Å². The van der Waals surface area contributed by atoms with Crippen LogP contribution in [-0.2, 0) is 14.8 Å². The first-order valence-electron chi connectivity index (χ1n) is 9.15. The van der Waals surface area contributed by atoms with Crippen LogP contribution >= 0.6 is 0 Å². The van der Waals surface area contributed by atoms with Crippen LogP contribution < -0.4 is 20.3 Å². The molecule has 168 valence electrons. The highest BCUT2D eigenvalue weighted by Crippen LogP contribution is 2.26. The van der Waals surface area contributed by atoms with E-state index in [0.29, 0.717) is 17.0 Å². The number of anilines is 2. The van der Waals surface area contributed by atoms with Crippen molar-refractivity contribution in [3.63, 3.8) is 0 Å². The largest absolute Gasteiger partial charge is 0.497 e. The number of benzene rings is 2. The van der Waals surface area contributed by atoms with Gasteiger partial charge in [-0.1, -0.05) is 0 Å². The van der Waals surface area contributed by atoms with Gasteiger partial charge in [-0.2, -0.15) is 0 Å². The van der Waals surface area contributed by atoms with Crippen molar-refractivity contribution in [3.05, 3.63) is 60.3 Å². The number of sulfonamides is 1. The molecule has 0 spiro atoms. The number of alkyl halides is 2. The van der Waals surface area contributed by atoms with E-state index in [1.807, 2.05) is 0 Å². The number of rotatable bonds is 8. The van der Waals surface area contributed by atoms with Crippen molar-refractivity contribution in [2.45, 2.75) is 18.2 Å². The monoisotopic (exact) mass is 463 g/mol. The quantitative estimate of drug-likeness (QED) is 0.438. The molecule has 3 N–H and O–H groups in total. The fraction of sp³-hybridized carbons (Fsp3) is 0.150. The van der Waals surface area contributed by atoms with Gasteiger partial charge in [-0.3, -0.25) is 10.2 Å². The van der Waals surface area contributed by atoms with Crippen LogP contribution in [0.5, 0.6) is 5.75 Å². The Bertz CT molecular complexity index is 1200. The van der Waals surface area contributed by atoms with Gasteiger partial charge in [0.2, 0.25) is 11.9 Å². The lowest BCUT2D eigenvalue weighted by Crippen LogP contribution is -2.30. The van der Waals surface area contributed by atoms with Crippen molar-refractivity contribution in [2.75, 3.05) is 17.9 Å². The second-order valence-electron chi connectivity index (χ2n) is 6.47. The summed E-state index contributed by atoms with van der Waals surface area (Å²) in [6, 6.07) is 13.0. The standard InChI is InChI=1S/C20H19F2N5O4S/c1-12(28)23-14-5-9-16(10-6-14)32(29,30)27-26-20-24-17(11-18(25-20)19(21)22)13-3-7-15(31-2)8-4-13/h3-11,19,27H,1-2H3,(H,23,28)(H,24,25,26). The zero-order chi connectivity index (χ0) is 23.3. The molecule has 1 aromatic heterocycles. The maximum atomic E-state index is 13.3. The molecule has 0 saturated heterocycles. The Hall–Kier alpha value is -3.64. The highest BCUT2D eigenvalue weighted by atomic mass is 32.2. The van der Waals surface area contributed by atoms with Crippen molar-refractivity contribution < 1.29 is 26.7 Å². The van der Waals surface area contributed by atoms with Crippen molar-refractivity contribution in [1.29, 1.82) is 0 Å². The molecule has 0 bridgehead atoms. The summed E-state index contributed by atoms with van der Waals surface area (Å²) in [4.78, 5) is 20.8. The zero-order valence-electron chi connectivity index (χ0n) is 17.0. The summed E-state index contributed by atoms with van der Waals surface area (Å²) in [6.07, 6.45) is -2.89. The van der Waals surface area contributed by atoms with Gasteiger partial charge in [-0.15, -0.1) is 4.83 Å². The molecule has 2 aromatic carbocycles. The molecule has 1 amide bonds.